The molecule has 0 aromatic heterocycles. The van der Waals surface area contributed by atoms with Gasteiger partial charge in [0.25, 0.3) is 0 Å². The van der Waals surface area contributed by atoms with Gasteiger partial charge in [0.1, 0.15) is 12.2 Å². The number of nitrogens with two attached hydrogens (primary N) is 1. The fourth-order valence-electron chi connectivity index (χ4n) is 2.74. The summed E-state index contributed by atoms with van der Waals surface area (Å²) in [5.74, 6) is 0. The van der Waals surface area contributed by atoms with E-state index in [4.69, 9.17) is 15.6 Å². The van der Waals surface area contributed by atoms with Crippen molar-refractivity contribution in [3.8, 4) is 0 Å². The molecule has 0 bridgehead atoms. The lowest BCUT2D eigenvalue weighted by Gasteiger charge is -2.39. The van der Waals surface area contributed by atoms with Crippen molar-refractivity contribution in [2.45, 2.75) is 24.4 Å². The molecule has 2 aliphatic rings. The summed E-state index contributed by atoms with van der Waals surface area (Å²) in [6.45, 7) is 4.04. The zero-order valence-corrected chi connectivity index (χ0v) is 10.3. The smallest absolute Gasteiger partial charge is 0.109 e. The highest BCUT2D eigenvalue weighted by Crippen LogP contribution is 2.26. The van der Waals surface area contributed by atoms with Crippen molar-refractivity contribution in [1.82, 2.24) is 9.80 Å². The summed E-state index contributed by atoms with van der Waals surface area (Å²) in [7, 11) is 2.09. The monoisotopic (exact) mass is 245 g/mol. The lowest BCUT2D eigenvalue weighted by Crippen LogP contribution is -2.56. The molecule has 2 aliphatic heterocycles. The van der Waals surface area contributed by atoms with Gasteiger partial charge in [0.05, 0.1) is 18.8 Å². The maximum Gasteiger partial charge on any atom is 0.109 e. The molecular formula is C11H23N3O3. The van der Waals surface area contributed by atoms with E-state index in [0.717, 1.165) is 26.2 Å². The third-order valence-corrected chi connectivity index (χ3v) is 3.83. The highest BCUT2D eigenvalue weighted by molar-refractivity contribution is 4.98. The highest BCUT2D eigenvalue weighted by atomic mass is 16.5. The third kappa shape index (κ3) is 2.62. The van der Waals surface area contributed by atoms with Gasteiger partial charge in [-0.15, -0.1) is 0 Å². The van der Waals surface area contributed by atoms with Crippen molar-refractivity contribution < 1.29 is 14.9 Å². The molecule has 0 amide bonds. The van der Waals surface area contributed by atoms with Gasteiger partial charge in [-0.2, -0.15) is 0 Å². The SMILES string of the molecule is CN1CCN(C2C(CN)OC(CO)C2O)CC1. The van der Waals surface area contributed by atoms with Crippen molar-refractivity contribution >= 4 is 0 Å². The molecular weight excluding hydrogens is 222 g/mol. The van der Waals surface area contributed by atoms with Crippen LogP contribution in [-0.2, 0) is 4.74 Å². The molecule has 2 fully saturated rings. The van der Waals surface area contributed by atoms with E-state index < -0.39 is 12.2 Å². The van der Waals surface area contributed by atoms with E-state index in [0.29, 0.717) is 6.54 Å². The Labute approximate surface area is 102 Å². The molecule has 2 heterocycles. The van der Waals surface area contributed by atoms with Crippen LogP contribution in [0.4, 0.5) is 0 Å². The molecule has 4 N–H and O–H groups in total. The number of rotatable bonds is 3. The van der Waals surface area contributed by atoms with Gasteiger partial charge in [-0.3, -0.25) is 4.90 Å². The summed E-state index contributed by atoms with van der Waals surface area (Å²) in [6.07, 6.45) is -1.31. The van der Waals surface area contributed by atoms with Crippen molar-refractivity contribution in [3.05, 3.63) is 0 Å². The van der Waals surface area contributed by atoms with E-state index in [1.165, 1.54) is 0 Å². The summed E-state index contributed by atoms with van der Waals surface area (Å²) in [5, 5.41) is 19.3. The number of ether oxygens (including phenoxy) is 1. The molecule has 0 radical (unpaired) electrons. The van der Waals surface area contributed by atoms with Crippen LogP contribution in [0.5, 0.6) is 0 Å². The second kappa shape index (κ2) is 5.60. The lowest BCUT2D eigenvalue weighted by atomic mass is 10.0. The molecule has 0 saturated carbocycles. The van der Waals surface area contributed by atoms with Gasteiger partial charge >= 0.3 is 0 Å². The van der Waals surface area contributed by atoms with Crippen molar-refractivity contribution in [2.75, 3.05) is 46.4 Å². The first-order chi connectivity index (χ1) is 8.17. The maximum absolute atomic E-state index is 10.2. The van der Waals surface area contributed by atoms with Crippen LogP contribution in [0.25, 0.3) is 0 Å². The number of hydrogen-bond donors (Lipinski definition) is 3. The Bertz CT molecular complexity index is 244. The van der Waals surface area contributed by atoms with Crippen LogP contribution in [0.3, 0.4) is 0 Å². The fraction of sp³-hybridized carbons (Fsp3) is 1.00. The Kier molecular flexibility index (Phi) is 4.35. The van der Waals surface area contributed by atoms with Gasteiger partial charge in [-0.25, -0.2) is 0 Å². The Morgan fingerprint density at radius 1 is 1.24 bits per heavy atom. The largest absolute Gasteiger partial charge is 0.394 e. The molecule has 17 heavy (non-hydrogen) atoms. The molecule has 0 aromatic carbocycles. The van der Waals surface area contributed by atoms with Gasteiger partial charge in [-0.05, 0) is 7.05 Å². The number of piperazine rings is 1. The normalized spacial score (nSPS) is 40.9. The Balaban J connectivity index is 2.02. The molecule has 6 nitrogen and oxygen atoms in total. The van der Waals surface area contributed by atoms with Crippen LogP contribution in [0.2, 0.25) is 0 Å². The van der Waals surface area contributed by atoms with Crippen molar-refractivity contribution in [3.63, 3.8) is 0 Å². The lowest BCUT2D eigenvalue weighted by molar-refractivity contribution is -0.0193. The van der Waals surface area contributed by atoms with E-state index in [9.17, 15) is 5.11 Å². The van der Waals surface area contributed by atoms with Gasteiger partial charge in [-0.1, -0.05) is 0 Å². The minimum absolute atomic E-state index is 0.0779. The first-order valence-electron chi connectivity index (χ1n) is 6.24. The van der Waals surface area contributed by atoms with E-state index in [-0.39, 0.29) is 18.8 Å². The predicted octanol–water partition coefficient (Wildman–Crippen LogP) is -2.32. The van der Waals surface area contributed by atoms with Crippen LogP contribution in [-0.4, -0.2) is 90.7 Å². The second-order valence-electron chi connectivity index (χ2n) is 4.95. The molecule has 100 valence electrons. The van der Waals surface area contributed by atoms with Crippen LogP contribution >= 0.6 is 0 Å². The van der Waals surface area contributed by atoms with Crippen LogP contribution in [0, 0.1) is 0 Å². The summed E-state index contributed by atoms with van der Waals surface area (Å²) in [6, 6.07) is -0.0779. The predicted molar refractivity (Wildman–Crippen MR) is 63.7 cm³/mol. The van der Waals surface area contributed by atoms with Gasteiger partial charge < -0.3 is 25.6 Å². The first-order valence-corrected chi connectivity index (χ1v) is 6.24. The minimum atomic E-state index is -0.642. The average molecular weight is 245 g/mol. The Morgan fingerprint density at radius 2 is 1.88 bits per heavy atom. The number of likely N-dealkylation sites (N-methyl/N-ethyl adjacent to an activating group) is 1. The van der Waals surface area contributed by atoms with E-state index in [2.05, 4.69) is 16.8 Å². The van der Waals surface area contributed by atoms with Crippen LogP contribution in [0.1, 0.15) is 0 Å². The first kappa shape index (κ1) is 13.2. The van der Waals surface area contributed by atoms with Crippen LogP contribution in [0.15, 0.2) is 0 Å². The van der Waals surface area contributed by atoms with Crippen molar-refractivity contribution in [1.29, 1.82) is 0 Å². The fourth-order valence-corrected chi connectivity index (χ4v) is 2.74. The highest BCUT2D eigenvalue weighted by Gasteiger charge is 2.45. The zero-order valence-electron chi connectivity index (χ0n) is 10.3. The molecule has 4 atom stereocenters. The number of aliphatic hydroxyl groups excluding tert-OH is 2. The molecule has 0 aliphatic carbocycles. The summed E-state index contributed by atoms with van der Waals surface area (Å²) >= 11 is 0. The quantitative estimate of drug-likeness (QED) is 0.518. The molecule has 2 saturated heterocycles. The molecule has 2 rings (SSSR count). The summed E-state index contributed by atoms with van der Waals surface area (Å²) in [4.78, 5) is 4.50. The minimum Gasteiger partial charge on any atom is -0.394 e. The maximum atomic E-state index is 10.2. The topological polar surface area (TPSA) is 82.2 Å². The van der Waals surface area contributed by atoms with E-state index in [1.54, 1.807) is 0 Å². The van der Waals surface area contributed by atoms with E-state index >= 15 is 0 Å². The molecule has 4 unspecified atom stereocenters. The van der Waals surface area contributed by atoms with Crippen molar-refractivity contribution in [2.24, 2.45) is 5.73 Å². The number of aliphatic hydroxyl groups is 2. The Morgan fingerprint density at radius 3 is 2.41 bits per heavy atom. The Hall–Kier alpha value is -0.240. The van der Waals surface area contributed by atoms with Gasteiger partial charge in [0.2, 0.25) is 0 Å². The number of nitrogens with zero attached hydrogens (tertiary/aromatic N) is 2. The zero-order chi connectivity index (χ0) is 12.4. The number of hydrogen-bond acceptors (Lipinski definition) is 6. The summed E-state index contributed by atoms with van der Waals surface area (Å²) < 4.78 is 5.58. The standard InChI is InChI=1S/C11H23N3O3/c1-13-2-4-14(5-3-13)10-8(6-12)17-9(7-15)11(10)16/h8-11,15-16H,2-7,12H2,1H3. The van der Waals surface area contributed by atoms with Gasteiger partial charge in [0, 0.05) is 32.7 Å². The second-order valence-corrected chi connectivity index (χ2v) is 4.95. The van der Waals surface area contributed by atoms with Crippen LogP contribution < -0.4 is 5.73 Å². The molecule has 0 aromatic rings. The van der Waals surface area contributed by atoms with Gasteiger partial charge in [0.15, 0.2) is 0 Å². The van der Waals surface area contributed by atoms with E-state index in [1.807, 2.05) is 0 Å². The molecule has 0 spiro atoms. The summed E-state index contributed by atoms with van der Waals surface area (Å²) in [5.41, 5.74) is 5.68. The third-order valence-electron chi connectivity index (χ3n) is 3.83. The average Bonchev–Trinajstić information content (AvgIpc) is 2.67. The molecule has 6 heteroatoms.